The molecule has 0 radical (unpaired) electrons. The van der Waals surface area contributed by atoms with Crippen molar-refractivity contribution in [3.05, 3.63) is 48.0 Å². The van der Waals surface area contributed by atoms with E-state index in [9.17, 15) is 17.6 Å². The molecular formula is C12H9FN2O4S. The first kappa shape index (κ1) is 13.9. The summed E-state index contributed by atoms with van der Waals surface area (Å²) in [7, 11) is -3.92. The molecule has 6 nitrogen and oxygen atoms in total. The van der Waals surface area contributed by atoms with Crippen LogP contribution in [0.15, 0.2) is 46.3 Å². The van der Waals surface area contributed by atoms with Gasteiger partial charge in [0, 0.05) is 6.20 Å². The number of benzene rings is 1. The lowest BCUT2D eigenvalue weighted by Gasteiger charge is -2.06. The number of sulfone groups is 1. The number of aromatic nitrogens is 1. The largest absolute Gasteiger partial charge is 0.476 e. The normalized spacial score (nSPS) is 11.2. The van der Waals surface area contributed by atoms with Crippen molar-refractivity contribution >= 4 is 21.5 Å². The van der Waals surface area contributed by atoms with Crippen molar-refractivity contribution in [2.75, 3.05) is 5.73 Å². The molecule has 0 atom stereocenters. The summed E-state index contributed by atoms with van der Waals surface area (Å²) >= 11 is 0. The van der Waals surface area contributed by atoms with E-state index in [-0.39, 0.29) is 15.5 Å². The molecule has 0 saturated heterocycles. The number of aromatic carboxylic acids is 1. The molecular weight excluding hydrogens is 287 g/mol. The van der Waals surface area contributed by atoms with E-state index in [0.29, 0.717) is 0 Å². The standard InChI is InChI=1S/C12H9FN2O4S/c13-7-1-3-8(4-2-7)20(18,19)9-5-10(14)11(12(16)17)15-6-9/h1-6H,14H2,(H,16,17). The van der Waals surface area contributed by atoms with Crippen LogP contribution in [-0.2, 0) is 9.84 Å². The molecule has 1 heterocycles. The van der Waals surface area contributed by atoms with Crippen LogP contribution in [0.3, 0.4) is 0 Å². The summed E-state index contributed by atoms with van der Waals surface area (Å²) in [6.07, 6.45) is 0.901. The highest BCUT2D eigenvalue weighted by Crippen LogP contribution is 2.23. The lowest BCUT2D eigenvalue weighted by Crippen LogP contribution is -2.09. The monoisotopic (exact) mass is 296 g/mol. The number of rotatable bonds is 3. The minimum absolute atomic E-state index is 0.136. The summed E-state index contributed by atoms with van der Waals surface area (Å²) in [6.45, 7) is 0. The molecule has 0 aliphatic carbocycles. The van der Waals surface area contributed by atoms with Crippen molar-refractivity contribution in [2.24, 2.45) is 0 Å². The van der Waals surface area contributed by atoms with Crippen molar-refractivity contribution in [2.45, 2.75) is 9.79 Å². The van der Waals surface area contributed by atoms with Gasteiger partial charge in [-0.25, -0.2) is 22.6 Å². The molecule has 3 N–H and O–H groups in total. The van der Waals surface area contributed by atoms with Crippen molar-refractivity contribution in [1.82, 2.24) is 4.98 Å². The maximum Gasteiger partial charge on any atom is 0.356 e. The van der Waals surface area contributed by atoms with Gasteiger partial charge in [-0.15, -0.1) is 0 Å². The van der Waals surface area contributed by atoms with E-state index >= 15 is 0 Å². The second-order valence-electron chi connectivity index (χ2n) is 3.87. The maximum atomic E-state index is 12.8. The highest BCUT2D eigenvalue weighted by atomic mass is 32.2. The Kier molecular flexibility index (Phi) is 3.41. The maximum absolute atomic E-state index is 12.8. The Balaban J connectivity index is 2.52. The lowest BCUT2D eigenvalue weighted by molar-refractivity contribution is 0.0691. The van der Waals surface area contributed by atoms with E-state index in [0.717, 1.165) is 36.5 Å². The molecule has 0 spiro atoms. The zero-order chi connectivity index (χ0) is 14.9. The number of carbonyl (C=O) groups is 1. The Labute approximate surface area is 113 Å². The third kappa shape index (κ3) is 2.45. The number of hydrogen-bond donors (Lipinski definition) is 2. The van der Waals surface area contributed by atoms with Crippen LogP contribution in [0.2, 0.25) is 0 Å². The number of nitrogen functional groups attached to an aromatic ring is 1. The van der Waals surface area contributed by atoms with Gasteiger partial charge in [0.05, 0.1) is 15.5 Å². The Hall–Kier alpha value is -2.48. The second kappa shape index (κ2) is 4.89. The topological polar surface area (TPSA) is 110 Å². The van der Waals surface area contributed by atoms with Gasteiger partial charge in [-0.3, -0.25) is 0 Å². The fourth-order valence-electron chi connectivity index (χ4n) is 1.54. The van der Waals surface area contributed by atoms with Crippen LogP contribution in [0.1, 0.15) is 10.5 Å². The molecule has 1 aromatic heterocycles. The molecule has 0 aliphatic rings. The number of halogens is 1. The summed E-state index contributed by atoms with van der Waals surface area (Å²) in [4.78, 5) is 13.9. The second-order valence-corrected chi connectivity index (χ2v) is 5.82. The number of pyridine rings is 1. The Morgan fingerprint density at radius 3 is 2.30 bits per heavy atom. The van der Waals surface area contributed by atoms with Gasteiger partial charge in [-0.2, -0.15) is 0 Å². The average molecular weight is 296 g/mol. The Morgan fingerprint density at radius 2 is 1.80 bits per heavy atom. The van der Waals surface area contributed by atoms with E-state index in [1.165, 1.54) is 0 Å². The Bertz CT molecular complexity index is 773. The molecule has 0 unspecified atom stereocenters. The summed E-state index contributed by atoms with van der Waals surface area (Å²) in [5, 5.41) is 8.77. The van der Waals surface area contributed by atoms with Crippen molar-refractivity contribution < 1.29 is 22.7 Å². The van der Waals surface area contributed by atoms with Gasteiger partial charge in [0.25, 0.3) is 0 Å². The zero-order valence-corrected chi connectivity index (χ0v) is 10.8. The molecule has 8 heteroatoms. The first-order valence-electron chi connectivity index (χ1n) is 5.32. The first-order chi connectivity index (χ1) is 9.32. The van der Waals surface area contributed by atoms with Gasteiger partial charge in [0.1, 0.15) is 5.82 Å². The summed E-state index contributed by atoms with van der Waals surface area (Å²) < 4.78 is 37.2. The highest BCUT2D eigenvalue weighted by molar-refractivity contribution is 7.91. The molecule has 0 saturated carbocycles. The van der Waals surface area contributed by atoms with Crippen LogP contribution in [0, 0.1) is 5.82 Å². The molecule has 0 amide bonds. The molecule has 0 aliphatic heterocycles. The fourth-order valence-corrected chi connectivity index (χ4v) is 2.78. The minimum Gasteiger partial charge on any atom is -0.476 e. The third-order valence-corrected chi connectivity index (χ3v) is 4.27. The fraction of sp³-hybridized carbons (Fsp3) is 0. The molecule has 0 bridgehead atoms. The highest BCUT2D eigenvalue weighted by Gasteiger charge is 2.20. The third-order valence-electron chi connectivity index (χ3n) is 2.53. The summed E-state index contributed by atoms with van der Waals surface area (Å²) in [5.74, 6) is -1.92. The molecule has 20 heavy (non-hydrogen) atoms. The van der Waals surface area contributed by atoms with E-state index in [4.69, 9.17) is 10.8 Å². The number of nitrogens with two attached hydrogens (primary N) is 1. The number of hydrogen-bond acceptors (Lipinski definition) is 5. The molecule has 0 fully saturated rings. The number of carboxylic acids is 1. The van der Waals surface area contributed by atoms with Gasteiger partial charge >= 0.3 is 5.97 Å². The van der Waals surface area contributed by atoms with Crippen LogP contribution in [-0.4, -0.2) is 24.5 Å². The predicted molar refractivity (Wildman–Crippen MR) is 67.5 cm³/mol. The average Bonchev–Trinajstić information content (AvgIpc) is 2.38. The lowest BCUT2D eigenvalue weighted by atomic mass is 10.3. The van der Waals surface area contributed by atoms with E-state index in [1.807, 2.05) is 0 Å². The summed E-state index contributed by atoms with van der Waals surface area (Å²) in [5.41, 5.74) is 4.76. The molecule has 2 aromatic rings. The van der Waals surface area contributed by atoms with E-state index < -0.39 is 27.3 Å². The van der Waals surface area contributed by atoms with Crippen LogP contribution in [0.25, 0.3) is 0 Å². The van der Waals surface area contributed by atoms with Gasteiger partial charge in [-0.1, -0.05) is 0 Å². The van der Waals surface area contributed by atoms with E-state index in [2.05, 4.69) is 4.98 Å². The zero-order valence-electron chi connectivity index (χ0n) is 9.95. The molecule has 1 aromatic carbocycles. The van der Waals surface area contributed by atoms with Gasteiger partial charge in [-0.05, 0) is 30.3 Å². The summed E-state index contributed by atoms with van der Waals surface area (Å²) in [6, 6.07) is 5.23. The smallest absolute Gasteiger partial charge is 0.356 e. The van der Waals surface area contributed by atoms with Crippen LogP contribution in [0.4, 0.5) is 10.1 Å². The molecule has 104 valence electrons. The van der Waals surface area contributed by atoms with Crippen LogP contribution in [0.5, 0.6) is 0 Å². The van der Waals surface area contributed by atoms with E-state index in [1.54, 1.807) is 0 Å². The van der Waals surface area contributed by atoms with Crippen molar-refractivity contribution in [3.8, 4) is 0 Å². The van der Waals surface area contributed by atoms with Crippen LogP contribution < -0.4 is 5.73 Å². The van der Waals surface area contributed by atoms with Gasteiger partial charge < -0.3 is 10.8 Å². The van der Waals surface area contributed by atoms with Crippen molar-refractivity contribution in [1.29, 1.82) is 0 Å². The van der Waals surface area contributed by atoms with Gasteiger partial charge in [0.15, 0.2) is 5.69 Å². The van der Waals surface area contributed by atoms with Gasteiger partial charge in [0.2, 0.25) is 9.84 Å². The number of nitrogens with zero attached hydrogens (tertiary/aromatic N) is 1. The first-order valence-corrected chi connectivity index (χ1v) is 6.80. The van der Waals surface area contributed by atoms with Crippen molar-refractivity contribution in [3.63, 3.8) is 0 Å². The quantitative estimate of drug-likeness (QED) is 0.827. The molecule has 2 rings (SSSR count). The number of carboxylic acid groups (broad SMARTS) is 1. The SMILES string of the molecule is Nc1cc(S(=O)(=O)c2ccc(F)cc2)cnc1C(=O)O. The minimum atomic E-state index is -3.92. The predicted octanol–water partition coefficient (Wildman–Crippen LogP) is 1.33. The Morgan fingerprint density at radius 1 is 1.20 bits per heavy atom. The number of anilines is 1. The van der Waals surface area contributed by atoms with Crippen LogP contribution >= 0.6 is 0 Å².